The van der Waals surface area contributed by atoms with Gasteiger partial charge < -0.3 is 10.3 Å². The first-order valence-electron chi connectivity index (χ1n) is 6.46. The summed E-state index contributed by atoms with van der Waals surface area (Å²) in [7, 11) is 0. The molecule has 5 nitrogen and oxygen atoms in total. The van der Waals surface area contributed by atoms with Gasteiger partial charge in [-0.3, -0.25) is 9.78 Å². The van der Waals surface area contributed by atoms with E-state index in [1.807, 2.05) is 0 Å². The van der Waals surface area contributed by atoms with Crippen molar-refractivity contribution in [1.29, 1.82) is 0 Å². The third-order valence-corrected chi connectivity index (χ3v) is 3.36. The van der Waals surface area contributed by atoms with Crippen molar-refractivity contribution in [2.45, 2.75) is 19.1 Å². The molecule has 8 heteroatoms. The maximum Gasteiger partial charge on any atom is 0.408 e. The number of alkyl halides is 3. The number of halogens is 3. The summed E-state index contributed by atoms with van der Waals surface area (Å²) in [5.74, 6) is 0.0182. The van der Waals surface area contributed by atoms with E-state index < -0.39 is 17.8 Å². The molecule has 2 N–H and O–H groups in total. The predicted molar refractivity (Wildman–Crippen MR) is 76.8 cm³/mol. The van der Waals surface area contributed by atoms with Crippen molar-refractivity contribution in [2.75, 3.05) is 5.32 Å². The lowest BCUT2D eigenvalue weighted by atomic mass is 10.1. The van der Waals surface area contributed by atoms with Crippen LogP contribution in [-0.2, 0) is 0 Å². The van der Waals surface area contributed by atoms with E-state index in [0.29, 0.717) is 16.3 Å². The molecule has 3 heterocycles. The van der Waals surface area contributed by atoms with E-state index in [-0.39, 0.29) is 11.2 Å². The Kier molecular flexibility index (Phi) is 3.23. The predicted octanol–water partition coefficient (Wildman–Crippen LogP) is 2.83. The van der Waals surface area contributed by atoms with Crippen molar-refractivity contribution in [2.24, 2.45) is 0 Å². The molecular weight excluding hydrogens is 297 g/mol. The van der Waals surface area contributed by atoms with Crippen LogP contribution in [0.4, 0.5) is 19.0 Å². The Balaban J connectivity index is 2.29. The fourth-order valence-electron chi connectivity index (χ4n) is 2.20. The number of anilines is 1. The van der Waals surface area contributed by atoms with Crippen molar-refractivity contribution in [3.63, 3.8) is 0 Å². The van der Waals surface area contributed by atoms with Crippen LogP contribution in [0.2, 0.25) is 0 Å². The monoisotopic (exact) mass is 308 g/mol. The molecule has 0 radical (unpaired) electrons. The van der Waals surface area contributed by atoms with Gasteiger partial charge in [-0.2, -0.15) is 13.2 Å². The van der Waals surface area contributed by atoms with E-state index in [9.17, 15) is 18.0 Å². The van der Waals surface area contributed by atoms with Crippen LogP contribution in [0, 0.1) is 0 Å². The highest BCUT2D eigenvalue weighted by Crippen LogP contribution is 2.29. The highest BCUT2D eigenvalue weighted by molar-refractivity contribution is 6.09. The highest BCUT2D eigenvalue weighted by Gasteiger charge is 2.36. The van der Waals surface area contributed by atoms with Crippen LogP contribution < -0.4 is 10.9 Å². The van der Waals surface area contributed by atoms with E-state index in [1.54, 1.807) is 6.07 Å². The summed E-state index contributed by atoms with van der Waals surface area (Å²) in [4.78, 5) is 22.7. The molecule has 0 saturated heterocycles. The molecule has 22 heavy (non-hydrogen) atoms. The van der Waals surface area contributed by atoms with Crippen LogP contribution in [0.5, 0.6) is 0 Å². The maximum absolute atomic E-state index is 12.8. The van der Waals surface area contributed by atoms with E-state index in [0.717, 1.165) is 6.92 Å². The van der Waals surface area contributed by atoms with E-state index in [1.165, 1.54) is 24.7 Å². The van der Waals surface area contributed by atoms with Crippen LogP contribution in [0.1, 0.15) is 6.92 Å². The molecule has 114 valence electrons. The van der Waals surface area contributed by atoms with Gasteiger partial charge in [-0.15, -0.1) is 0 Å². The number of pyridine rings is 3. The number of nitrogens with zero attached hydrogens (tertiary/aromatic N) is 2. The summed E-state index contributed by atoms with van der Waals surface area (Å²) >= 11 is 0. The van der Waals surface area contributed by atoms with Gasteiger partial charge in [0.15, 0.2) is 0 Å². The Bertz CT molecular complexity index is 904. The molecule has 3 rings (SSSR count). The fraction of sp³-hybridized carbons (Fsp3) is 0.214. The topological polar surface area (TPSA) is 70.7 Å². The Morgan fingerprint density at radius 1 is 1.27 bits per heavy atom. The van der Waals surface area contributed by atoms with Crippen LogP contribution in [0.25, 0.3) is 21.7 Å². The number of aromatic amines is 1. The SMILES string of the molecule is CC(Nc1nc2ccncc2c2c(=O)[nH]ccc12)C(F)(F)F. The molecule has 0 aliphatic carbocycles. The molecule has 3 aromatic heterocycles. The van der Waals surface area contributed by atoms with Gasteiger partial charge in [-0.05, 0) is 19.1 Å². The van der Waals surface area contributed by atoms with Crippen molar-refractivity contribution >= 4 is 27.5 Å². The first kappa shape index (κ1) is 14.3. The second kappa shape index (κ2) is 4.97. The number of aromatic nitrogens is 3. The lowest BCUT2D eigenvalue weighted by Crippen LogP contribution is -2.33. The van der Waals surface area contributed by atoms with Gasteiger partial charge in [0.1, 0.15) is 11.9 Å². The molecule has 3 aromatic rings. The standard InChI is InChI=1S/C14H11F3N4O/c1-7(14(15,16)17)20-12-8-2-5-19-13(22)11(8)9-6-18-4-3-10(9)21-12/h2-7H,1H3,(H,19,22)(H,20,21). The molecule has 1 unspecified atom stereocenters. The van der Waals surface area contributed by atoms with Gasteiger partial charge in [-0.1, -0.05) is 0 Å². The number of rotatable bonds is 2. The minimum Gasteiger partial charge on any atom is -0.358 e. The first-order valence-corrected chi connectivity index (χ1v) is 6.46. The molecule has 0 spiro atoms. The molecule has 0 aliphatic rings. The average molecular weight is 308 g/mol. The van der Waals surface area contributed by atoms with Crippen molar-refractivity contribution < 1.29 is 13.2 Å². The summed E-state index contributed by atoms with van der Waals surface area (Å²) < 4.78 is 38.3. The molecule has 1 atom stereocenters. The molecular formula is C14H11F3N4O. The van der Waals surface area contributed by atoms with E-state index in [2.05, 4.69) is 20.3 Å². The number of hydrogen-bond acceptors (Lipinski definition) is 4. The van der Waals surface area contributed by atoms with Gasteiger partial charge in [0.2, 0.25) is 0 Å². The smallest absolute Gasteiger partial charge is 0.358 e. The normalized spacial score (nSPS) is 13.5. The van der Waals surface area contributed by atoms with Crippen molar-refractivity contribution in [3.05, 3.63) is 41.1 Å². The third-order valence-electron chi connectivity index (χ3n) is 3.36. The molecule has 0 bridgehead atoms. The summed E-state index contributed by atoms with van der Waals surface area (Å²) in [6.07, 6.45) is -0.105. The molecule has 0 amide bonds. The summed E-state index contributed by atoms with van der Waals surface area (Å²) in [5, 5.41) is 3.41. The maximum atomic E-state index is 12.8. The summed E-state index contributed by atoms with van der Waals surface area (Å²) in [6.45, 7) is 0.997. The Hall–Kier alpha value is -2.64. The fourth-order valence-corrected chi connectivity index (χ4v) is 2.20. The minimum atomic E-state index is -4.41. The van der Waals surface area contributed by atoms with Gasteiger partial charge in [0.25, 0.3) is 5.56 Å². The zero-order valence-electron chi connectivity index (χ0n) is 11.4. The summed E-state index contributed by atoms with van der Waals surface area (Å²) in [6, 6.07) is 1.27. The summed E-state index contributed by atoms with van der Waals surface area (Å²) in [5.41, 5.74) is -0.00307. The second-order valence-electron chi connectivity index (χ2n) is 4.86. The quantitative estimate of drug-likeness (QED) is 0.714. The number of fused-ring (bicyclic) bond motifs is 3. The number of H-pyrrole nitrogens is 1. The zero-order chi connectivity index (χ0) is 15.9. The van der Waals surface area contributed by atoms with Crippen LogP contribution in [0.3, 0.4) is 0 Å². The second-order valence-corrected chi connectivity index (χ2v) is 4.86. The lowest BCUT2D eigenvalue weighted by molar-refractivity contribution is -0.138. The van der Waals surface area contributed by atoms with Crippen LogP contribution in [0.15, 0.2) is 35.5 Å². The van der Waals surface area contributed by atoms with Crippen LogP contribution in [-0.4, -0.2) is 27.2 Å². The number of hydrogen-bond donors (Lipinski definition) is 2. The average Bonchev–Trinajstić information content (AvgIpc) is 2.46. The Morgan fingerprint density at radius 3 is 2.77 bits per heavy atom. The third kappa shape index (κ3) is 2.36. The highest BCUT2D eigenvalue weighted by atomic mass is 19.4. The zero-order valence-corrected chi connectivity index (χ0v) is 11.4. The van der Waals surface area contributed by atoms with E-state index in [4.69, 9.17) is 0 Å². The molecule has 0 fully saturated rings. The first-order chi connectivity index (χ1) is 10.4. The Morgan fingerprint density at radius 2 is 2.05 bits per heavy atom. The minimum absolute atomic E-state index is 0.0182. The van der Waals surface area contributed by atoms with Gasteiger partial charge in [-0.25, -0.2) is 4.98 Å². The van der Waals surface area contributed by atoms with Gasteiger partial charge in [0, 0.05) is 29.4 Å². The van der Waals surface area contributed by atoms with Crippen LogP contribution >= 0.6 is 0 Å². The Labute approximate surface area is 122 Å². The van der Waals surface area contributed by atoms with Crippen molar-refractivity contribution in [3.8, 4) is 0 Å². The van der Waals surface area contributed by atoms with E-state index >= 15 is 0 Å². The lowest BCUT2D eigenvalue weighted by Gasteiger charge is -2.19. The molecule has 0 saturated carbocycles. The van der Waals surface area contributed by atoms with Gasteiger partial charge >= 0.3 is 6.18 Å². The molecule has 0 aromatic carbocycles. The van der Waals surface area contributed by atoms with Crippen molar-refractivity contribution in [1.82, 2.24) is 15.0 Å². The largest absolute Gasteiger partial charge is 0.408 e. The number of nitrogens with one attached hydrogen (secondary N) is 2. The molecule has 0 aliphatic heterocycles. The van der Waals surface area contributed by atoms with Gasteiger partial charge in [0.05, 0.1) is 10.9 Å².